The van der Waals surface area contributed by atoms with Crippen LogP contribution in [0.1, 0.15) is 45.1 Å². The number of hydrogen-bond acceptors (Lipinski definition) is 3. The standard InChI is InChI=1S/C18H20F3N3O3/c1-10-6-4-5-7-12(10)11(2)27-14-8-13(24-15(14)17(26)22-3)16(25)23-9-18(19,20)21/h4-8,11,24H,9H2,1-3H3,(H,22,26)(H,23,25). The molecule has 27 heavy (non-hydrogen) atoms. The molecule has 6 nitrogen and oxygen atoms in total. The molecular formula is C18H20F3N3O3. The molecule has 2 amide bonds. The Balaban J connectivity index is 2.26. The van der Waals surface area contributed by atoms with Gasteiger partial charge in [-0.25, -0.2) is 0 Å². The predicted molar refractivity (Wildman–Crippen MR) is 92.8 cm³/mol. The van der Waals surface area contributed by atoms with E-state index in [9.17, 15) is 22.8 Å². The lowest BCUT2D eigenvalue weighted by molar-refractivity contribution is -0.123. The largest absolute Gasteiger partial charge is 0.484 e. The van der Waals surface area contributed by atoms with E-state index in [-0.39, 0.29) is 17.1 Å². The molecule has 9 heteroatoms. The average molecular weight is 383 g/mol. The zero-order chi connectivity index (χ0) is 20.2. The molecule has 0 aliphatic heterocycles. The maximum atomic E-state index is 12.3. The first-order valence-corrected chi connectivity index (χ1v) is 8.14. The number of aromatic nitrogens is 1. The van der Waals surface area contributed by atoms with Crippen LogP contribution in [0.2, 0.25) is 0 Å². The first-order chi connectivity index (χ1) is 12.6. The maximum absolute atomic E-state index is 12.3. The number of H-pyrrole nitrogens is 1. The topological polar surface area (TPSA) is 83.2 Å². The van der Waals surface area contributed by atoms with E-state index in [4.69, 9.17) is 4.74 Å². The molecule has 1 aromatic heterocycles. The Morgan fingerprint density at radius 1 is 1.22 bits per heavy atom. The Labute approximate surface area is 154 Å². The number of benzene rings is 1. The fraction of sp³-hybridized carbons (Fsp3) is 0.333. The fourth-order valence-electron chi connectivity index (χ4n) is 2.52. The second kappa shape index (κ2) is 8.15. The Hall–Kier alpha value is -2.97. The Morgan fingerprint density at radius 3 is 2.48 bits per heavy atom. The van der Waals surface area contributed by atoms with Crippen molar-refractivity contribution in [3.05, 3.63) is 52.8 Å². The summed E-state index contributed by atoms with van der Waals surface area (Å²) in [7, 11) is 1.39. The molecule has 0 aliphatic carbocycles. The van der Waals surface area contributed by atoms with Crippen molar-refractivity contribution in [3.8, 4) is 5.75 Å². The molecule has 0 saturated carbocycles. The number of carbonyl (C=O) groups excluding carboxylic acids is 2. The van der Waals surface area contributed by atoms with Crippen LogP contribution in [0.3, 0.4) is 0 Å². The SMILES string of the molecule is CNC(=O)c1[nH]c(C(=O)NCC(F)(F)F)cc1OC(C)c1ccccc1C. The fourth-order valence-corrected chi connectivity index (χ4v) is 2.52. The minimum Gasteiger partial charge on any atom is -0.484 e. The highest BCUT2D eigenvalue weighted by atomic mass is 19.4. The van der Waals surface area contributed by atoms with Crippen LogP contribution in [0.5, 0.6) is 5.75 Å². The van der Waals surface area contributed by atoms with Gasteiger partial charge >= 0.3 is 6.18 Å². The molecule has 0 radical (unpaired) electrons. The van der Waals surface area contributed by atoms with Gasteiger partial charge in [0.15, 0.2) is 5.75 Å². The second-order valence-corrected chi connectivity index (χ2v) is 5.92. The van der Waals surface area contributed by atoms with Gasteiger partial charge in [-0.15, -0.1) is 0 Å². The van der Waals surface area contributed by atoms with Crippen molar-refractivity contribution in [2.24, 2.45) is 0 Å². The summed E-state index contributed by atoms with van der Waals surface area (Å²) in [5, 5.41) is 4.14. The molecule has 0 aliphatic rings. The van der Waals surface area contributed by atoms with E-state index in [0.29, 0.717) is 0 Å². The lowest BCUT2D eigenvalue weighted by Crippen LogP contribution is -2.34. The summed E-state index contributed by atoms with van der Waals surface area (Å²) >= 11 is 0. The number of halogens is 3. The smallest absolute Gasteiger partial charge is 0.405 e. The quantitative estimate of drug-likeness (QED) is 0.717. The van der Waals surface area contributed by atoms with Gasteiger partial charge in [-0.1, -0.05) is 24.3 Å². The number of hydrogen-bond donors (Lipinski definition) is 3. The van der Waals surface area contributed by atoms with Crippen molar-refractivity contribution in [3.63, 3.8) is 0 Å². The number of rotatable bonds is 6. The molecule has 146 valence electrons. The summed E-state index contributed by atoms with van der Waals surface area (Å²) in [5.74, 6) is -1.48. The highest BCUT2D eigenvalue weighted by Gasteiger charge is 2.29. The molecule has 1 heterocycles. The molecule has 1 aromatic carbocycles. The summed E-state index contributed by atoms with van der Waals surface area (Å²) in [6.45, 7) is 2.20. The molecule has 0 bridgehead atoms. The summed E-state index contributed by atoms with van der Waals surface area (Å²) in [6.07, 6.45) is -4.98. The molecular weight excluding hydrogens is 363 g/mol. The van der Waals surface area contributed by atoms with Crippen LogP contribution in [0.4, 0.5) is 13.2 Å². The van der Waals surface area contributed by atoms with Crippen LogP contribution >= 0.6 is 0 Å². The summed E-state index contributed by atoms with van der Waals surface area (Å²) in [5.41, 5.74) is 1.61. The number of nitrogens with one attached hydrogen (secondary N) is 3. The number of alkyl halides is 3. The van der Waals surface area contributed by atoms with Gasteiger partial charge in [-0.05, 0) is 25.0 Å². The van der Waals surface area contributed by atoms with Crippen molar-refractivity contribution >= 4 is 11.8 Å². The Kier molecular flexibility index (Phi) is 6.14. The third-order valence-electron chi connectivity index (χ3n) is 3.86. The van der Waals surface area contributed by atoms with Crippen LogP contribution in [0, 0.1) is 6.92 Å². The molecule has 1 unspecified atom stereocenters. The van der Waals surface area contributed by atoms with Gasteiger partial charge in [0.1, 0.15) is 24.0 Å². The van der Waals surface area contributed by atoms with E-state index in [1.165, 1.54) is 13.1 Å². The zero-order valence-electron chi connectivity index (χ0n) is 15.0. The van der Waals surface area contributed by atoms with Crippen LogP contribution in [0.15, 0.2) is 30.3 Å². The lowest BCUT2D eigenvalue weighted by Gasteiger charge is -2.17. The Bertz CT molecular complexity index is 831. The molecule has 2 rings (SSSR count). The van der Waals surface area contributed by atoms with E-state index < -0.39 is 30.6 Å². The number of aryl methyl sites for hydroxylation is 1. The van der Waals surface area contributed by atoms with E-state index in [1.807, 2.05) is 31.2 Å². The van der Waals surface area contributed by atoms with Crippen molar-refractivity contribution in [1.82, 2.24) is 15.6 Å². The summed E-state index contributed by atoms with van der Waals surface area (Å²) < 4.78 is 42.7. The van der Waals surface area contributed by atoms with Crippen LogP contribution in [0.25, 0.3) is 0 Å². The van der Waals surface area contributed by atoms with Gasteiger partial charge in [-0.3, -0.25) is 9.59 Å². The molecule has 3 N–H and O–H groups in total. The van der Waals surface area contributed by atoms with E-state index in [2.05, 4.69) is 10.3 Å². The second-order valence-electron chi connectivity index (χ2n) is 5.92. The van der Waals surface area contributed by atoms with Gasteiger partial charge in [0.25, 0.3) is 11.8 Å². The first-order valence-electron chi connectivity index (χ1n) is 8.14. The average Bonchev–Trinajstić information content (AvgIpc) is 3.02. The van der Waals surface area contributed by atoms with Crippen molar-refractivity contribution in [2.75, 3.05) is 13.6 Å². The molecule has 1 atom stereocenters. The summed E-state index contributed by atoms with van der Waals surface area (Å²) in [4.78, 5) is 26.5. The van der Waals surface area contributed by atoms with E-state index in [1.54, 1.807) is 12.2 Å². The monoisotopic (exact) mass is 383 g/mol. The Morgan fingerprint density at radius 2 is 1.89 bits per heavy atom. The molecule has 2 aromatic rings. The van der Waals surface area contributed by atoms with Gasteiger partial charge in [-0.2, -0.15) is 13.2 Å². The molecule has 0 saturated heterocycles. The highest BCUT2D eigenvalue weighted by Crippen LogP contribution is 2.28. The lowest BCUT2D eigenvalue weighted by atomic mass is 10.0. The molecule has 0 spiro atoms. The summed E-state index contributed by atoms with van der Waals surface area (Å²) in [6, 6.07) is 8.70. The van der Waals surface area contributed by atoms with Crippen LogP contribution in [-0.2, 0) is 0 Å². The first kappa shape index (κ1) is 20.3. The normalized spacial score (nSPS) is 12.4. The van der Waals surface area contributed by atoms with E-state index >= 15 is 0 Å². The number of amides is 2. The zero-order valence-corrected chi connectivity index (χ0v) is 15.0. The molecule has 0 fully saturated rings. The van der Waals surface area contributed by atoms with Gasteiger partial charge in [0.2, 0.25) is 0 Å². The third-order valence-corrected chi connectivity index (χ3v) is 3.86. The minimum absolute atomic E-state index is 0.0462. The van der Waals surface area contributed by atoms with Gasteiger partial charge in [0.05, 0.1) is 0 Å². The number of carbonyl (C=O) groups is 2. The van der Waals surface area contributed by atoms with Crippen molar-refractivity contribution in [2.45, 2.75) is 26.1 Å². The minimum atomic E-state index is -4.54. The van der Waals surface area contributed by atoms with Crippen molar-refractivity contribution in [1.29, 1.82) is 0 Å². The van der Waals surface area contributed by atoms with Gasteiger partial charge in [0, 0.05) is 13.1 Å². The van der Waals surface area contributed by atoms with E-state index in [0.717, 1.165) is 11.1 Å². The van der Waals surface area contributed by atoms with Crippen LogP contribution < -0.4 is 15.4 Å². The van der Waals surface area contributed by atoms with Gasteiger partial charge < -0.3 is 20.4 Å². The predicted octanol–water partition coefficient (Wildman–Crippen LogP) is 3.11. The maximum Gasteiger partial charge on any atom is 0.405 e. The number of aromatic amines is 1. The van der Waals surface area contributed by atoms with Crippen LogP contribution in [-0.4, -0.2) is 36.6 Å². The van der Waals surface area contributed by atoms with Crippen molar-refractivity contribution < 1.29 is 27.5 Å². The number of ether oxygens (including phenoxy) is 1. The third kappa shape index (κ3) is 5.25. The highest BCUT2D eigenvalue weighted by molar-refractivity contribution is 5.99.